The van der Waals surface area contributed by atoms with E-state index in [2.05, 4.69) is 19.2 Å². The Labute approximate surface area is 92.0 Å². The largest absolute Gasteiger partial charge is 0.379 e. The predicted octanol–water partition coefficient (Wildman–Crippen LogP) is 0.825. The van der Waals surface area contributed by atoms with Gasteiger partial charge in [0.05, 0.1) is 18.8 Å². The molecule has 0 saturated carbocycles. The maximum atomic E-state index is 11.7. The van der Waals surface area contributed by atoms with Crippen LogP contribution in [0.2, 0.25) is 0 Å². The number of carbonyl (C=O) groups is 1. The first kappa shape index (κ1) is 12.5. The van der Waals surface area contributed by atoms with Crippen LogP contribution in [0, 0.1) is 5.92 Å². The molecule has 2 unspecified atom stereocenters. The zero-order valence-corrected chi connectivity index (χ0v) is 10.1. The third-order valence-corrected chi connectivity index (χ3v) is 2.54. The van der Waals surface area contributed by atoms with E-state index in [9.17, 15) is 4.79 Å². The molecule has 1 saturated heterocycles. The van der Waals surface area contributed by atoms with Crippen molar-refractivity contribution in [1.29, 1.82) is 0 Å². The first-order valence-corrected chi connectivity index (χ1v) is 5.66. The van der Waals surface area contributed by atoms with Gasteiger partial charge in [0.25, 0.3) is 0 Å². The van der Waals surface area contributed by atoms with E-state index < -0.39 is 0 Å². The summed E-state index contributed by atoms with van der Waals surface area (Å²) in [6.07, 6.45) is 0.134. The van der Waals surface area contributed by atoms with Crippen molar-refractivity contribution in [2.45, 2.75) is 39.9 Å². The minimum atomic E-state index is -0.0508. The van der Waals surface area contributed by atoms with Crippen molar-refractivity contribution in [3.05, 3.63) is 0 Å². The average Bonchev–Trinajstić information content (AvgIpc) is 2.37. The number of nitrogens with zero attached hydrogens (tertiary/aromatic N) is 1. The highest BCUT2D eigenvalue weighted by molar-refractivity contribution is 5.83. The molecule has 0 aromatic rings. The Morgan fingerprint density at radius 2 is 2.13 bits per heavy atom. The standard InChI is InChI=1S/C11H22N2O2/c1-8(2)7-15-6-5-13-10(4)12-9(3)11(13)14/h8-10,12H,5-7H2,1-4H3. The molecule has 1 amide bonds. The molecule has 2 atom stereocenters. The van der Waals surface area contributed by atoms with Crippen molar-refractivity contribution in [3.63, 3.8) is 0 Å². The van der Waals surface area contributed by atoms with Crippen LogP contribution in [0.5, 0.6) is 0 Å². The number of nitrogens with one attached hydrogen (secondary N) is 1. The molecule has 0 aliphatic carbocycles. The number of hydrogen-bond acceptors (Lipinski definition) is 3. The summed E-state index contributed by atoms with van der Waals surface area (Å²) in [5.41, 5.74) is 0. The Balaban J connectivity index is 2.23. The van der Waals surface area contributed by atoms with E-state index in [0.29, 0.717) is 19.1 Å². The Morgan fingerprint density at radius 3 is 2.60 bits per heavy atom. The fraction of sp³-hybridized carbons (Fsp3) is 0.909. The lowest BCUT2D eigenvalue weighted by Crippen LogP contribution is -2.37. The topological polar surface area (TPSA) is 41.6 Å². The molecule has 0 aromatic heterocycles. The highest BCUT2D eigenvalue weighted by Gasteiger charge is 2.32. The SMILES string of the molecule is CC(C)COCCN1C(=O)C(C)NC1C. The summed E-state index contributed by atoms with van der Waals surface area (Å²) in [6, 6.07) is -0.0508. The molecule has 1 fully saturated rings. The normalized spacial score (nSPS) is 26.7. The van der Waals surface area contributed by atoms with Crippen LogP contribution in [0.25, 0.3) is 0 Å². The van der Waals surface area contributed by atoms with E-state index >= 15 is 0 Å². The average molecular weight is 214 g/mol. The van der Waals surface area contributed by atoms with Crippen LogP contribution in [0.15, 0.2) is 0 Å². The molecular weight excluding hydrogens is 192 g/mol. The van der Waals surface area contributed by atoms with Gasteiger partial charge in [0.1, 0.15) is 0 Å². The smallest absolute Gasteiger partial charge is 0.240 e. The summed E-state index contributed by atoms with van der Waals surface area (Å²) in [4.78, 5) is 13.5. The van der Waals surface area contributed by atoms with Gasteiger partial charge in [-0.15, -0.1) is 0 Å². The maximum Gasteiger partial charge on any atom is 0.240 e. The summed E-state index contributed by atoms with van der Waals surface area (Å²) in [7, 11) is 0. The molecule has 4 nitrogen and oxygen atoms in total. The minimum absolute atomic E-state index is 0.0508. The maximum absolute atomic E-state index is 11.7. The van der Waals surface area contributed by atoms with E-state index in [4.69, 9.17) is 4.74 Å². The van der Waals surface area contributed by atoms with Crippen molar-refractivity contribution in [3.8, 4) is 0 Å². The van der Waals surface area contributed by atoms with Crippen molar-refractivity contribution < 1.29 is 9.53 Å². The second-order valence-corrected chi connectivity index (χ2v) is 4.56. The molecule has 0 aromatic carbocycles. The molecule has 1 heterocycles. The quantitative estimate of drug-likeness (QED) is 0.689. The van der Waals surface area contributed by atoms with Gasteiger partial charge in [-0.05, 0) is 19.8 Å². The lowest BCUT2D eigenvalue weighted by Gasteiger charge is -2.20. The van der Waals surface area contributed by atoms with Gasteiger partial charge in [0.15, 0.2) is 0 Å². The van der Waals surface area contributed by atoms with Gasteiger partial charge in [-0.25, -0.2) is 0 Å². The van der Waals surface area contributed by atoms with E-state index in [0.717, 1.165) is 6.61 Å². The summed E-state index contributed by atoms with van der Waals surface area (Å²) in [5.74, 6) is 0.726. The van der Waals surface area contributed by atoms with Crippen molar-refractivity contribution in [1.82, 2.24) is 10.2 Å². The number of amides is 1. The molecule has 1 aliphatic heterocycles. The van der Waals surface area contributed by atoms with Crippen LogP contribution in [0.4, 0.5) is 0 Å². The van der Waals surface area contributed by atoms with Gasteiger partial charge in [-0.3, -0.25) is 10.1 Å². The van der Waals surface area contributed by atoms with E-state index in [1.807, 2.05) is 18.7 Å². The van der Waals surface area contributed by atoms with Gasteiger partial charge in [0, 0.05) is 13.2 Å². The summed E-state index contributed by atoms with van der Waals surface area (Å²) in [6.45, 7) is 10.2. The molecular formula is C11H22N2O2. The Kier molecular flexibility index (Phi) is 4.54. The molecule has 1 rings (SSSR count). The van der Waals surface area contributed by atoms with E-state index in [1.54, 1.807) is 0 Å². The number of rotatable bonds is 5. The number of ether oxygens (including phenoxy) is 1. The summed E-state index contributed by atoms with van der Waals surface area (Å²) >= 11 is 0. The van der Waals surface area contributed by atoms with Crippen LogP contribution in [-0.4, -0.2) is 42.8 Å². The first-order chi connectivity index (χ1) is 7.02. The van der Waals surface area contributed by atoms with E-state index in [1.165, 1.54) is 0 Å². The Bertz CT molecular complexity index is 219. The van der Waals surface area contributed by atoms with Crippen LogP contribution in [0.1, 0.15) is 27.7 Å². The first-order valence-electron chi connectivity index (χ1n) is 5.66. The van der Waals surface area contributed by atoms with Crippen LogP contribution >= 0.6 is 0 Å². The predicted molar refractivity (Wildman–Crippen MR) is 59.4 cm³/mol. The fourth-order valence-electron chi connectivity index (χ4n) is 1.75. The van der Waals surface area contributed by atoms with Crippen molar-refractivity contribution in [2.75, 3.05) is 19.8 Å². The molecule has 15 heavy (non-hydrogen) atoms. The van der Waals surface area contributed by atoms with Crippen LogP contribution < -0.4 is 5.32 Å². The highest BCUT2D eigenvalue weighted by atomic mass is 16.5. The van der Waals surface area contributed by atoms with Gasteiger partial charge < -0.3 is 9.64 Å². The van der Waals surface area contributed by atoms with Gasteiger partial charge in [-0.1, -0.05) is 13.8 Å². The molecule has 1 N–H and O–H groups in total. The lowest BCUT2D eigenvalue weighted by molar-refractivity contribution is -0.130. The van der Waals surface area contributed by atoms with Gasteiger partial charge >= 0.3 is 0 Å². The monoisotopic (exact) mass is 214 g/mol. The Morgan fingerprint density at radius 1 is 1.47 bits per heavy atom. The third-order valence-electron chi connectivity index (χ3n) is 2.54. The molecule has 4 heteroatoms. The zero-order chi connectivity index (χ0) is 11.4. The number of hydrogen-bond donors (Lipinski definition) is 1. The van der Waals surface area contributed by atoms with Crippen LogP contribution in [0.3, 0.4) is 0 Å². The van der Waals surface area contributed by atoms with Gasteiger partial charge in [0.2, 0.25) is 5.91 Å². The van der Waals surface area contributed by atoms with Gasteiger partial charge in [-0.2, -0.15) is 0 Å². The second kappa shape index (κ2) is 5.47. The Hall–Kier alpha value is -0.610. The molecule has 0 radical (unpaired) electrons. The zero-order valence-electron chi connectivity index (χ0n) is 10.1. The van der Waals surface area contributed by atoms with E-state index in [-0.39, 0.29) is 18.1 Å². The van der Waals surface area contributed by atoms with Crippen molar-refractivity contribution >= 4 is 5.91 Å². The second-order valence-electron chi connectivity index (χ2n) is 4.56. The molecule has 0 spiro atoms. The molecule has 88 valence electrons. The molecule has 1 aliphatic rings. The lowest BCUT2D eigenvalue weighted by atomic mass is 10.2. The fourth-order valence-corrected chi connectivity index (χ4v) is 1.75. The number of carbonyl (C=O) groups excluding carboxylic acids is 1. The van der Waals surface area contributed by atoms with Crippen LogP contribution in [-0.2, 0) is 9.53 Å². The van der Waals surface area contributed by atoms with Crippen molar-refractivity contribution in [2.24, 2.45) is 5.92 Å². The molecule has 0 bridgehead atoms. The highest BCUT2D eigenvalue weighted by Crippen LogP contribution is 2.09. The minimum Gasteiger partial charge on any atom is -0.379 e. The summed E-state index contributed by atoms with van der Waals surface area (Å²) < 4.78 is 5.47. The third kappa shape index (κ3) is 3.47. The summed E-state index contributed by atoms with van der Waals surface area (Å²) in [5, 5.41) is 3.19.